The molecule has 0 atom stereocenters. The van der Waals surface area contributed by atoms with Gasteiger partial charge in [-0.05, 0) is 0 Å². The van der Waals surface area contributed by atoms with E-state index in [2.05, 4.69) is 2.59 Å². The summed E-state index contributed by atoms with van der Waals surface area (Å²) in [4.78, 5) is 0. The van der Waals surface area contributed by atoms with Crippen LogP contribution in [0.1, 0.15) is 0 Å². The van der Waals surface area contributed by atoms with Crippen molar-refractivity contribution in [3.8, 4) is 0 Å². The van der Waals surface area contributed by atoms with E-state index in [1.165, 1.54) is 0 Å². The Morgan fingerprint density at radius 1 is 0.818 bits per heavy atom. The standard InChI is InChI=1S/4H2O.3O.2V.2Yb/h4*1H2;;;;;;;/q;;;;;;;2*+2;;/p-4. The molecule has 7 nitrogen and oxygen atoms in total. The molecule has 0 unspecified atom stereocenters. The van der Waals surface area contributed by atoms with Gasteiger partial charge in [-0.1, -0.05) is 0 Å². The second kappa shape index (κ2) is 7.84. The van der Waals surface area contributed by atoms with E-state index in [0.717, 1.165) is 0 Å². The maximum absolute atomic E-state index is 9.70. The zero-order valence-corrected chi connectivity index (χ0v) is 10.7. The number of rotatable bonds is 2. The summed E-state index contributed by atoms with van der Waals surface area (Å²) in [6.45, 7) is 0. The molecule has 84 valence electrons. The summed E-state index contributed by atoms with van der Waals surface area (Å²) < 4.78 is 53.8. The molecule has 0 fully saturated rings. The summed E-state index contributed by atoms with van der Waals surface area (Å²) in [5.74, 6) is 0. The summed E-state index contributed by atoms with van der Waals surface area (Å²) in [7, 11) is 0. The summed E-state index contributed by atoms with van der Waals surface area (Å²) >= 11 is -11.2. The topological polar surface area (TPSA) is 124 Å². The van der Waals surface area contributed by atoms with Crippen molar-refractivity contribution in [1.29, 1.82) is 0 Å². The molecule has 0 amide bonds. The van der Waals surface area contributed by atoms with Gasteiger partial charge in [0.1, 0.15) is 0 Å². The second-order valence-corrected chi connectivity index (χ2v) is 5.43. The fourth-order valence-corrected chi connectivity index (χ4v) is 2.36. The third-order valence-electron chi connectivity index (χ3n) is 0.213. The van der Waals surface area contributed by atoms with Crippen LogP contribution in [-0.2, 0) is 40.0 Å². The summed E-state index contributed by atoms with van der Waals surface area (Å²) in [5, 5.41) is 0. The van der Waals surface area contributed by atoms with E-state index in [1.807, 2.05) is 0 Å². The van der Waals surface area contributed by atoms with Crippen LogP contribution in [0.25, 0.3) is 0 Å². The van der Waals surface area contributed by atoms with Gasteiger partial charge in [-0.3, -0.25) is 0 Å². The Balaban J connectivity index is -0.000000320. The zero-order valence-electron chi connectivity index (χ0n) is 4.44. The van der Waals surface area contributed by atoms with Crippen molar-refractivity contribution in [3.63, 3.8) is 0 Å². The van der Waals surface area contributed by atoms with Gasteiger partial charge in [-0.2, -0.15) is 0 Å². The van der Waals surface area contributed by atoms with Crippen LogP contribution < -0.4 is 0 Å². The molecule has 0 aromatic heterocycles. The molecule has 0 saturated heterocycles. The average molecular weight is 564 g/mol. The molecule has 4 N–H and O–H groups in total. The van der Waals surface area contributed by atoms with Crippen LogP contribution in [0.2, 0.25) is 0 Å². The molecule has 0 bridgehead atoms. The summed E-state index contributed by atoms with van der Waals surface area (Å²) in [6.07, 6.45) is 0. The Bertz CT molecular complexity index is 155. The van der Waals surface area contributed by atoms with E-state index < -0.39 is 30.0 Å². The Morgan fingerprint density at radius 2 is 1.00 bits per heavy atom. The predicted octanol–water partition coefficient (Wildman–Crippen LogP) is -2.54. The molecule has 0 aliphatic rings. The van der Waals surface area contributed by atoms with Gasteiger partial charge < -0.3 is 0 Å². The molecule has 0 aromatic carbocycles. The molecule has 0 aliphatic heterocycles. The van der Waals surface area contributed by atoms with Crippen LogP contribution in [0.15, 0.2) is 0 Å². The van der Waals surface area contributed by atoms with Gasteiger partial charge in [0.25, 0.3) is 0 Å². The SMILES string of the molecule is [O]=[V]([OH])([OH])[O][V](=[O])([OH])[OH].[Yb].[Yb]. The van der Waals surface area contributed by atoms with Crippen molar-refractivity contribution in [2.75, 3.05) is 0 Å². The molecule has 0 radical (unpaired) electrons. The van der Waals surface area contributed by atoms with Crippen molar-refractivity contribution in [1.82, 2.24) is 0 Å². The van der Waals surface area contributed by atoms with Gasteiger partial charge in [0.2, 0.25) is 0 Å². The zero-order chi connectivity index (χ0) is 7.71. The molecule has 0 spiro atoms. The molecule has 0 heterocycles. The number of hydrogen-bond acceptors (Lipinski definition) is 3. The Kier molecular flexibility index (Phi) is 14.3. The first-order valence-corrected chi connectivity index (χ1v) is 6.31. The minimum atomic E-state index is -5.58. The van der Waals surface area contributed by atoms with Gasteiger partial charge in [0, 0.05) is 93.8 Å². The number of hydrogen-bond donors (Lipinski definition) is 4. The largest absolute Gasteiger partial charge is 0 e. The molecular weight excluding hydrogens is 560 g/mol. The molecule has 0 aromatic rings. The first-order chi connectivity index (χ1) is 3.71. The van der Waals surface area contributed by atoms with E-state index in [1.54, 1.807) is 0 Å². The van der Waals surface area contributed by atoms with Crippen LogP contribution in [0.3, 0.4) is 0 Å². The van der Waals surface area contributed by atoms with Gasteiger partial charge in [0.15, 0.2) is 0 Å². The Hall–Kier alpha value is 3.61. The maximum Gasteiger partial charge on any atom is 0 e. The van der Waals surface area contributed by atoms with E-state index in [0.29, 0.717) is 0 Å². The minimum Gasteiger partial charge on any atom is 0 e. The quantitative estimate of drug-likeness (QED) is 0.292. The molecular formula is H4O7V2Yb2. The third-order valence-corrected chi connectivity index (χ3v) is 3.62. The van der Waals surface area contributed by atoms with Crippen LogP contribution in [0.5, 0.6) is 0 Å². The van der Waals surface area contributed by atoms with E-state index in [-0.39, 0.29) is 93.8 Å². The molecule has 11 heavy (non-hydrogen) atoms. The Labute approximate surface area is 146 Å². The van der Waals surface area contributed by atoms with Gasteiger partial charge >= 0.3 is 56.1 Å². The van der Waals surface area contributed by atoms with Crippen LogP contribution in [0.4, 0.5) is 0 Å². The molecule has 11 heteroatoms. The average Bonchev–Trinajstić information content (AvgIpc) is 1.14. The van der Waals surface area contributed by atoms with Crippen molar-refractivity contribution < 1.29 is 150 Å². The van der Waals surface area contributed by atoms with Gasteiger partial charge in [-0.15, -0.1) is 0 Å². The van der Waals surface area contributed by atoms with Crippen molar-refractivity contribution in [2.45, 2.75) is 0 Å². The van der Waals surface area contributed by atoms with Gasteiger partial charge in [-0.25, -0.2) is 0 Å². The third kappa shape index (κ3) is 19.9. The predicted molar refractivity (Wildman–Crippen MR) is 11.3 cm³/mol. The van der Waals surface area contributed by atoms with Crippen molar-refractivity contribution in [3.05, 3.63) is 0 Å². The Morgan fingerprint density at radius 3 is 1.00 bits per heavy atom. The van der Waals surface area contributed by atoms with Crippen LogP contribution >= 0.6 is 0 Å². The fraction of sp³-hybridized carbons (Fsp3) is 0. The smallest absolute Gasteiger partial charge is 0 e. The first kappa shape index (κ1) is 20.1. The second-order valence-electron chi connectivity index (χ2n) is 1.06. The van der Waals surface area contributed by atoms with Gasteiger partial charge in [0.05, 0.1) is 0 Å². The van der Waals surface area contributed by atoms with E-state index in [9.17, 15) is 7.35 Å². The van der Waals surface area contributed by atoms with Crippen LogP contribution in [-0.4, -0.2) is 16.1 Å². The molecule has 0 saturated carbocycles. The molecule has 0 rings (SSSR count). The van der Waals surface area contributed by atoms with E-state index >= 15 is 0 Å². The normalized spacial score (nSPS) is 11.3. The van der Waals surface area contributed by atoms with Crippen molar-refractivity contribution >= 4 is 0 Å². The monoisotopic (exact) mass is 566 g/mol. The summed E-state index contributed by atoms with van der Waals surface area (Å²) in [6, 6.07) is 0. The first-order valence-electron chi connectivity index (χ1n) is 1.53. The summed E-state index contributed by atoms with van der Waals surface area (Å²) in [5.41, 5.74) is 0. The van der Waals surface area contributed by atoms with E-state index in [4.69, 9.17) is 16.1 Å². The van der Waals surface area contributed by atoms with Crippen molar-refractivity contribution in [2.24, 2.45) is 0 Å². The molecule has 0 aliphatic carbocycles. The minimum absolute atomic E-state index is 0. The van der Waals surface area contributed by atoms with Crippen LogP contribution in [0, 0.1) is 93.8 Å². The fourth-order valence-electron chi connectivity index (χ4n) is 0.139. The maximum atomic E-state index is 9.70.